The van der Waals surface area contributed by atoms with E-state index in [1.165, 1.54) is 0 Å². The van der Waals surface area contributed by atoms with Gasteiger partial charge in [-0.3, -0.25) is 4.79 Å². The molecule has 0 aromatic carbocycles. The van der Waals surface area contributed by atoms with Crippen LogP contribution < -0.4 is 5.32 Å². The van der Waals surface area contributed by atoms with Crippen LogP contribution in [0.4, 0.5) is 4.39 Å². The quantitative estimate of drug-likeness (QED) is 0.792. The Balaban J connectivity index is 2.67. The lowest BCUT2D eigenvalue weighted by Crippen LogP contribution is -2.50. The zero-order chi connectivity index (χ0) is 12.7. The van der Waals surface area contributed by atoms with Gasteiger partial charge in [-0.1, -0.05) is 41.5 Å². The number of halogens is 1. The molecule has 1 N–H and O–H groups in total. The minimum atomic E-state index is -1.60. The van der Waals surface area contributed by atoms with Crippen molar-refractivity contribution in [3.63, 3.8) is 0 Å². The molecule has 1 amide bonds. The van der Waals surface area contributed by atoms with Gasteiger partial charge >= 0.3 is 0 Å². The average Bonchev–Trinajstić information content (AvgIpc) is 2.69. The predicted octanol–water partition coefficient (Wildman–Crippen LogP) is 2.92. The number of carbonyl (C=O) groups is 1. The van der Waals surface area contributed by atoms with Gasteiger partial charge in [0.05, 0.1) is 0 Å². The van der Waals surface area contributed by atoms with Gasteiger partial charge in [-0.15, -0.1) is 0 Å². The second kappa shape index (κ2) is 4.01. The number of nitrogens with one attached hydrogen (secondary N) is 1. The van der Waals surface area contributed by atoms with Crippen molar-refractivity contribution in [2.45, 2.75) is 59.7 Å². The summed E-state index contributed by atoms with van der Waals surface area (Å²) in [4.78, 5) is 11.8. The maximum atomic E-state index is 13.9. The first-order valence-corrected chi connectivity index (χ1v) is 6.09. The standard InChI is InChI=1S/C13H24FNO/c1-8(2)10(12(4,5)6)15-11(16)13(14)7-9(13)3/h8-10H,7H2,1-6H3,(H,15,16). The molecule has 1 aliphatic rings. The van der Waals surface area contributed by atoms with Crippen molar-refractivity contribution < 1.29 is 9.18 Å². The van der Waals surface area contributed by atoms with Crippen molar-refractivity contribution in [2.24, 2.45) is 17.3 Å². The summed E-state index contributed by atoms with van der Waals surface area (Å²) in [5, 5.41) is 2.88. The number of rotatable bonds is 3. The van der Waals surface area contributed by atoms with Gasteiger partial charge in [0, 0.05) is 12.0 Å². The minimum Gasteiger partial charge on any atom is -0.350 e. The second-order valence-corrected chi connectivity index (χ2v) is 6.53. The van der Waals surface area contributed by atoms with Crippen LogP contribution in [-0.2, 0) is 4.79 Å². The molecule has 1 rings (SSSR count). The van der Waals surface area contributed by atoms with E-state index < -0.39 is 11.6 Å². The monoisotopic (exact) mass is 229 g/mol. The molecule has 1 aliphatic carbocycles. The Kier molecular flexibility index (Phi) is 3.37. The van der Waals surface area contributed by atoms with E-state index in [0.717, 1.165) is 0 Å². The fourth-order valence-electron chi connectivity index (χ4n) is 2.35. The summed E-state index contributed by atoms with van der Waals surface area (Å²) >= 11 is 0. The summed E-state index contributed by atoms with van der Waals surface area (Å²) in [6.07, 6.45) is 0.369. The van der Waals surface area contributed by atoms with Crippen LogP contribution >= 0.6 is 0 Å². The van der Waals surface area contributed by atoms with Crippen molar-refractivity contribution in [3.05, 3.63) is 0 Å². The van der Waals surface area contributed by atoms with E-state index >= 15 is 0 Å². The fourth-order valence-corrected chi connectivity index (χ4v) is 2.35. The zero-order valence-electron chi connectivity index (χ0n) is 11.2. The minimum absolute atomic E-state index is 0.0143. The second-order valence-electron chi connectivity index (χ2n) is 6.53. The largest absolute Gasteiger partial charge is 0.350 e. The van der Waals surface area contributed by atoms with E-state index in [9.17, 15) is 9.18 Å². The van der Waals surface area contributed by atoms with Crippen molar-refractivity contribution in [1.82, 2.24) is 5.32 Å². The molecule has 0 radical (unpaired) electrons. The lowest BCUT2D eigenvalue weighted by molar-refractivity contribution is -0.130. The van der Waals surface area contributed by atoms with Gasteiger partial charge < -0.3 is 5.32 Å². The van der Waals surface area contributed by atoms with E-state index in [-0.39, 0.29) is 17.4 Å². The van der Waals surface area contributed by atoms with Crippen molar-refractivity contribution in [3.8, 4) is 0 Å². The maximum absolute atomic E-state index is 13.9. The first-order valence-electron chi connectivity index (χ1n) is 6.09. The Morgan fingerprint density at radius 3 is 2.12 bits per heavy atom. The normalized spacial score (nSPS) is 31.4. The van der Waals surface area contributed by atoms with E-state index in [1.54, 1.807) is 6.92 Å². The van der Waals surface area contributed by atoms with Gasteiger partial charge in [0.25, 0.3) is 5.91 Å². The van der Waals surface area contributed by atoms with Crippen LogP contribution in [0.3, 0.4) is 0 Å². The van der Waals surface area contributed by atoms with Gasteiger partial charge in [0.15, 0.2) is 5.67 Å². The third kappa shape index (κ3) is 2.55. The molecule has 1 saturated carbocycles. The molecule has 0 aromatic rings. The summed E-state index contributed by atoms with van der Waals surface area (Å²) in [6, 6.07) is 0.0143. The first-order chi connectivity index (χ1) is 7.09. The molecule has 94 valence electrons. The molecule has 0 aliphatic heterocycles. The third-order valence-corrected chi connectivity index (χ3v) is 3.49. The van der Waals surface area contributed by atoms with Crippen LogP contribution in [0.1, 0.15) is 48.0 Å². The van der Waals surface area contributed by atoms with E-state index in [2.05, 4.69) is 39.9 Å². The lowest BCUT2D eigenvalue weighted by atomic mass is 9.80. The highest BCUT2D eigenvalue weighted by molar-refractivity contribution is 5.88. The highest BCUT2D eigenvalue weighted by atomic mass is 19.1. The van der Waals surface area contributed by atoms with Crippen LogP contribution in [0.15, 0.2) is 0 Å². The topological polar surface area (TPSA) is 29.1 Å². The molecule has 2 nitrogen and oxygen atoms in total. The van der Waals surface area contributed by atoms with Crippen molar-refractivity contribution in [2.75, 3.05) is 0 Å². The van der Waals surface area contributed by atoms with Crippen LogP contribution in [0.2, 0.25) is 0 Å². The number of hydrogen-bond acceptors (Lipinski definition) is 1. The van der Waals surface area contributed by atoms with Crippen molar-refractivity contribution >= 4 is 5.91 Å². The van der Waals surface area contributed by atoms with E-state index in [0.29, 0.717) is 12.3 Å². The average molecular weight is 229 g/mol. The Bertz CT molecular complexity index is 282. The number of alkyl halides is 1. The molecular formula is C13H24FNO. The number of hydrogen-bond donors (Lipinski definition) is 1. The molecule has 1 fully saturated rings. The molecule has 3 unspecified atom stereocenters. The number of amides is 1. The Hall–Kier alpha value is -0.600. The molecule has 0 aromatic heterocycles. The molecule has 0 heterocycles. The van der Waals surface area contributed by atoms with Crippen LogP contribution in [0, 0.1) is 17.3 Å². The molecule has 3 atom stereocenters. The van der Waals surface area contributed by atoms with Crippen LogP contribution in [0.25, 0.3) is 0 Å². The zero-order valence-corrected chi connectivity index (χ0v) is 11.2. The highest BCUT2D eigenvalue weighted by Crippen LogP contribution is 2.47. The van der Waals surface area contributed by atoms with Gasteiger partial charge in [-0.05, 0) is 17.8 Å². The smallest absolute Gasteiger partial charge is 0.258 e. The van der Waals surface area contributed by atoms with Crippen molar-refractivity contribution in [1.29, 1.82) is 0 Å². The lowest BCUT2D eigenvalue weighted by Gasteiger charge is -2.35. The molecular weight excluding hydrogens is 205 g/mol. The first kappa shape index (κ1) is 13.5. The van der Waals surface area contributed by atoms with E-state index in [4.69, 9.17) is 0 Å². The van der Waals surface area contributed by atoms with E-state index in [1.807, 2.05) is 0 Å². The van der Waals surface area contributed by atoms with Gasteiger partial charge in [0.1, 0.15) is 0 Å². The Labute approximate surface area is 98.0 Å². The fraction of sp³-hybridized carbons (Fsp3) is 0.923. The third-order valence-electron chi connectivity index (χ3n) is 3.49. The predicted molar refractivity (Wildman–Crippen MR) is 63.8 cm³/mol. The van der Waals surface area contributed by atoms with Gasteiger partial charge in [-0.25, -0.2) is 4.39 Å². The summed E-state index contributed by atoms with van der Waals surface area (Å²) < 4.78 is 13.9. The summed E-state index contributed by atoms with van der Waals surface area (Å²) in [7, 11) is 0. The summed E-state index contributed by atoms with van der Waals surface area (Å²) in [6.45, 7) is 12.1. The Morgan fingerprint density at radius 1 is 1.44 bits per heavy atom. The highest BCUT2D eigenvalue weighted by Gasteiger charge is 2.59. The molecule has 0 bridgehead atoms. The van der Waals surface area contributed by atoms with Gasteiger partial charge in [-0.2, -0.15) is 0 Å². The molecule has 3 heteroatoms. The molecule has 0 saturated heterocycles. The van der Waals surface area contributed by atoms with Crippen LogP contribution in [-0.4, -0.2) is 17.6 Å². The van der Waals surface area contributed by atoms with Gasteiger partial charge in [0.2, 0.25) is 0 Å². The number of carbonyl (C=O) groups excluding carboxylic acids is 1. The summed E-state index contributed by atoms with van der Waals surface area (Å²) in [5.41, 5.74) is -1.64. The summed E-state index contributed by atoms with van der Waals surface area (Å²) in [5.74, 6) is -0.240. The molecule has 0 spiro atoms. The maximum Gasteiger partial charge on any atom is 0.258 e. The molecule has 16 heavy (non-hydrogen) atoms. The SMILES string of the molecule is CC(C)C(NC(=O)C1(F)CC1C)C(C)(C)C. The Morgan fingerprint density at radius 2 is 1.88 bits per heavy atom. The van der Waals surface area contributed by atoms with Crippen LogP contribution in [0.5, 0.6) is 0 Å².